The standard InChI is InChI=1S/C17H27NO/c1-12-6-5-7-17(13(12)2)18-14(3)15-8-10-16(19-4)11-9-15/h8-14,17-18H,5-7H2,1-4H3. The summed E-state index contributed by atoms with van der Waals surface area (Å²) in [6, 6.07) is 9.46. The third-order valence-electron chi connectivity index (χ3n) is 4.79. The maximum absolute atomic E-state index is 5.21. The fourth-order valence-electron chi connectivity index (χ4n) is 3.13. The predicted octanol–water partition coefficient (Wildman–Crippen LogP) is 4.17. The largest absolute Gasteiger partial charge is 0.497 e. The average molecular weight is 261 g/mol. The first kappa shape index (κ1) is 14.4. The van der Waals surface area contributed by atoms with Gasteiger partial charge in [0.1, 0.15) is 5.75 Å². The van der Waals surface area contributed by atoms with Crippen LogP contribution in [0.25, 0.3) is 0 Å². The van der Waals surface area contributed by atoms with Gasteiger partial charge >= 0.3 is 0 Å². The molecule has 2 rings (SSSR count). The van der Waals surface area contributed by atoms with Crippen molar-refractivity contribution < 1.29 is 4.74 Å². The van der Waals surface area contributed by atoms with E-state index >= 15 is 0 Å². The first-order valence-electron chi connectivity index (χ1n) is 7.51. The number of hydrogen-bond acceptors (Lipinski definition) is 2. The highest BCUT2D eigenvalue weighted by Gasteiger charge is 2.27. The van der Waals surface area contributed by atoms with Gasteiger partial charge < -0.3 is 10.1 Å². The van der Waals surface area contributed by atoms with Crippen molar-refractivity contribution in [3.05, 3.63) is 29.8 Å². The summed E-state index contributed by atoms with van der Waals surface area (Å²) in [5, 5.41) is 3.81. The Balaban J connectivity index is 1.97. The van der Waals surface area contributed by atoms with Crippen LogP contribution in [0.4, 0.5) is 0 Å². The van der Waals surface area contributed by atoms with Crippen molar-refractivity contribution >= 4 is 0 Å². The van der Waals surface area contributed by atoms with Crippen molar-refractivity contribution in [2.24, 2.45) is 11.8 Å². The van der Waals surface area contributed by atoms with Gasteiger partial charge in [0.15, 0.2) is 0 Å². The molecule has 4 atom stereocenters. The summed E-state index contributed by atoms with van der Waals surface area (Å²) >= 11 is 0. The van der Waals surface area contributed by atoms with Crippen LogP contribution in [-0.4, -0.2) is 13.2 Å². The fraction of sp³-hybridized carbons (Fsp3) is 0.647. The molecule has 0 bridgehead atoms. The van der Waals surface area contributed by atoms with Gasteiger partial charge in [-0.1, -0.05) is 38.8 Å². The van der Waals surface area contributed by atoms with Gasteiger partial charge in [-0.15, -0.1) is 0 Å². The zero-order chi connectivity index (χ0) is 13.8. The molecular formula is C17H27NO. The molecular weight excluding hydrogens is 234 g/mol. The molecule has 0 aliphatic heterocycles. The zero-order valence-corrected chi connectivity index (χ0v) is 12.6. The maximum Gasteiger partial charge on any atom is 0.118 e. The molecule has 2 heteroatoms. The quantitative estimate of drug-likeness (QED) is 0.878. The van der Waals surface area contributed by atoms with Crippen LogP contribution in [0.15, 0.2) is 24.3 Å². The second kappa shape index (κ2) is 6.42. The zero-order valence-electron chi connectivity index (χ0n) is 12.6. The highest BCUT2D eigenvalue weighted by Crippen LogP contribution is 2.31. The molecule has 4 unspecified atom stereocenters. The lowest BCUT2D eigenvalue weighted by Crippen LogP contribution is -2.41. The molecule has 106 valence electrons. The first-order valence-corrected chi connectivity index (χ1v) is 7.51. The van der Waals surface area contributed by atoms with Crippen molar-refractivity contribution in [3.63, 3.8) is 0 Å². The number of hydrogen-bond donors (Lipinski definition) is 1. The van der Waals surface area contributed by atoms with E-state index in [1.807, 2.05) is 12.1 Å². The van der Waals surface area contributed by atoms with E-state index in [9.17, 15) is 0 Å². The third kappa shape index (κ3) is 3.50. The van der Waals surface area contributed by atoms with E-state index in [1.54, 1.807) is 7.11 Å². The van der Waals surface area contributed by atoms with E-state index in [4.69, 9.17) is 4.74 Å². The SMILES string of the molecule is COc1ccc(C(C)NC2CCCC(C)C2C)cc1. The van der Waals surface area contributed by atoms with Crippen LogP contribution in [-0.2, 0) is 0 Å². The minimum Gasteiger partial charge on any atom is -0.497 e. The van der Waals surface area contributed by atoms with Gasteiger partial charge in [-0.3, -0.25) is 0 Å². The van der Waals surface area contributed by atoms with E-state index in [1.165, 1.54) is 24.8 Å². The molecule has 1 saturated carbocycles. The molecule has 1 aliphatic rings. The Kier molecular flexibility index (Phi) is 4.87. The molecule has 19 heavy (non-hydrogen) atoms. The third-order valence-corrected chi connectivity index (χ3v) is 4.79. The van der Waals surface area contributed by atoms with Crippen molar-refractivity contribution in [3.8, 4) is 5.75 Å². The van der Waals surface area contributed by atoms with Crippen molar-refractivity contribution in [1.82, 2.24) is 5.32 Å². The molecule has 0 radical (unpaired) electrons. The Morgan fingerprint density at radius 1 is 1.16 bits per heavy atom. The highest BCUT2D eigenvalue weighted by molar-refractivity contribution is 5.28. The minimum absolute atomic E-state index is 0.406. The second-order valence-electron chi connectivity index (χ2n) is 6.04. The lowest BCUT2D eigenvalue weighted by molar-refractivity contribution is 0.196. The molecule has 0 saturated heterocycles. The molecule has 0 heterocycles. The lowest BCUT2D eigenvalue weighted by Gasteiger charge is -2.36. The van der Waals surface area contributed by atoms with Crippen LogP contribution in [0.3, 0.4) is 0 Å². The van der Waals surface area contributed by atoms with E-state index < -0.39 is 0 Å². The van der Waals surface area contributed by atoms with Gasteiger partial charge in [0, 0.05) is 12.1 Å². The monoisotopic (exact) mass is 261 g/mol. The topological polar surface area (TPSA) is 21.3 Å². The number of benzene rings is 1. The Morgan fingerprint density at radius 2 is 1.84 bits per heavy atom. The summed E-state index contributed by atoms with van der Waals surface area (Å²) in [6.07, 6.45) is 4.06. The van der Waals surface area contributed by atoms with Crippen molar-refractivity contribution in [1.29, 1.82) is 0 Å². The summed E-state index contributed by atoms with van der Waals surface area (Å²) in [5.74, 6) is 2.54. The molecule has 1 aromatic rings. The van der Waals surface area contributed by atoms with Crippen LogP contribution in [0.5, 0.6) is 5.75 Å². The number of methoxy groups -OCH3 is 1. The van der Waals surface area contributed by atoms with E-state index in [2.05, 4.69) is 38.2 Å². The van der Waals surface area contributed by atoms with Gasteiger partial charge in [-0.25, -0.2) is 0 Å². The Morgan fingerprint density at radius 3 is 2.47 bits per heavy atom. The van der Waals surface area contributed by atoms with Crippen LogP contribution in [0.2, 0.25) is 0 Å². The molecule has 0 spiro atoms. The molecule has 1 aliphatic carbocycles. The maximum atomic E-state index is 5.21. The molecule has 1 fully saturated rings. The molecule has 1 N–H and O–H groups in total. The Labute approximate surface area is 117 Å². The smallest absolute Gasteiger partial charge is 0.118 e. The van der Waals surface area contributed by atoms with Crippen molar-refractivity contribution in [2.75, 3.05) is 7.11 Å². The van der Waals surface area contributed by atoms with Gasteiger partial charge in [0.2, 0.25) is 0 Å². The van der Waals surface area contributed by atoms with Gasteiger partial charge in [-0.05, 0) is 42.9 Å². The Bertz CT molecular complexity index is 387. The number of nitrogens with one attached hydrogen (secondary N) is 1. The van der Waals surface area contributed by atoms with Crippen LogP contribution >= 0.6 is 0 Å². The van der Waals surface area contributed by atoms with Gasteiger partial charge in [-0.2, -0.15) is 0 Å². The fourth-order valence-corrected chi connectivity index (χ4v) is 3.13. The van der Waals surface area contributed by atoms with E-state index in [-0.39, 0.29) is 0 Å². The second-order valence-corrected chi connectivity index (χ2v) is 6.04. The number of ether oxygens (including phenoxy) is 1. The first-order chi connectivity index (χ1) is 9.11. The molecule has 0 aromatic heterocycles. The van der Waals surface area contributed by atoms with Crippen molar-refractivity contribution in [2.45, 2.75) is 52.1 Å². The number of rotatable bonds is 4. The summed E-state index contributed by atoms with van der Waals surface area (Å²) in [7, 11) is 1.71. The lowest BCUT2D eigenvalue weighted by atomic mass is 9.77. The minimum atomic E-state index is 0.406. The van der Waals surface area contributed by atoms with Gasteiger partial charge in [0.25, 0.3) is 0 Å². The van der Waals surface area contributed by atoms with Gasteiger partial charge in [0.05, 0.1) is 7.11 Å². The summed E-state index contributed by atoms with van der Waals surface area (Å²) < 4.78 is 5.21. The van der Waals surface area contributed by atoms with E-state index in [0.717, 1.165) is 17.6 Å². The predicted molar refractivity (Wildman–Crippen MR) is 80.5 cm³/mol. The van der Waals surface area contributed by atoms with Crippen LogP contribution in [0, 0.1) is 11.8 Å². The molecule has 2 nitrogen and oxygen atoms in total. The molecule has 1 aromatic carbocycles. The Hall–Kier alpha value is -1.02. The molecule has 0 amide bonds. The average Bonchev–Trinajstić information content (AvgIpc) is 2.44. The summed E-state index contributed by atoms with van der Waals surface area (Å²) in [5.41, 5.74) is 1.34. The van der Waals surface area contributed by atoms with E-state index in [0.29, 0.717) is 12.1 Å². The summed E-state index contributed by atoms with van der Waals surface area (Å²) in [6.45, 7) is 7.03. The van der Waals surface area contributed by atoms with Crippen LogP contribution < -0.4 is 10.1 Å². The summed E-state index contributed by atoms with van der Waals surface area (Å²) in [4.78, 5) is 0. The normalized spacial score (nSPS) is 28.9. The highest BCUT2D eigenvalue weighted by atomic mass is 16.5. The van der Waals surface area contributed by atoms with Crippen LogP contribution in [0.1, 0.15) is 51.6 Å².